The molecule has 1 aromatic rings. The minimum atomic E-state index is -1.09. The first-order chi connectivity index (χ1) is 10.8. The third kappa shape index (κ3) is 3.61. The Labute approximate surface area is 134 Å². The van der Waals surface area contributed by atoms with E-state index < -0.39 is 24.5 Å². The van der Waals surface area contributed by atoms with Crippen LogP contribution in [-0.4, -0.2) is 53.0 Å². The molecule has 0 aliphatic carbocycles. The summed E-state index contributed by atoms with van der Waals surface area (Å²) in [6.45, 7) is 4.48. The van der Waals surface area contributed by atoms with Gasteiger partial charge in [-0.15, -0.1) is 0 Å². The summed E-state index contributed by atoms with van der Waals surface area (Å²) in [5, 5.41) is 8.94. The molecule has 2 rings (SSSR count). The Kier molecular flexibility index (Phi) is 4.88. The summed E-state index contributed by atoms with van der Waals surface area (Å²) in [7, 11) is 0. The van der Waals surface area contributed by atoms with Crippen molar-refractivity contribution in [2.45, 2.75) is 32.9 Å². The molecule has 0 saturated carbocycles. The predicted octanol–water partition coefficient (Wildman–Crippen LogP) is 1.12. The number of amides is 2. The molecule has 1 unspecified atom stereocenters. The largest absolute Gasteiger partial charge is 0.480 e. The maximum Gasteiger partial charge on any atom is 0.323 e. The molecular formula is C16H20N2O5. The molecule has 2 amide bonds. The molecule has 1 heterocycles. The predicted molar refractivity (Wildman–Crippen MR) is 83.4 cm³/mol. The number of ether oxygens (including phenoxy) is 1. The number of hydrogen-bond acceptors (Lipinski definition) is 4. The van der Waals surface area contributed by atoms with Gasteiger partial charge in [-0.2, -0.15) is 0 Å². The summed E-state index contributed by atoms with van der Waals surface area (Å²) in [6.07, 6.45) is -0.690. The number of fused-ring (bicyclic) bond motifs is 1. The van der Waals surface area contributed by atoms with Gasteiger partial charge in [-0.3, -0.25) is 19.3 Å². The Bertz CT molecular complexity index is 629. The van der Waals surface area contributed by atoms with E-state index in [9.17, 15) is 14.4 Å². The van der Waals surface area contributed by atoms with Crippen molar-refractivity contribution < 1.29 is 24.2 Å². The quantitative estimate of drug-likeness (QED) is 0.878. The number of nitrogens with zero attached hydrogens (tertiary/aromatic N) is 2. The minimum Gasteiger partial charge on any atom is -0.480 e. The van der Waals surface area contributed by atoms with E-state index in [0.717, 1.165) is 0 Å². The Hall–Kier alpha value is -2.57. The first-order valence-corrected chi connectivity index (χ1v) is 7.39. The second-order valence-electron chi connectivity index (χ2n) is 5.66. The zero-order valence-electron chi connectivity index (χ0n) is 13.4. The van der Waals surface area contributed by atoms with E-state index >= 15 is 0 Å². The van der Waals surface area contributed by atoms with Crippen LogP contribution in [0, 0.1) is 0 Å². The van der Waals surface area contributed by atoms with Crippen molar-refractivity contribution in [3.05, 3.63) is 24.3 Å². The first-order valence-electron chi connectivity index (χ1n) is 7.39. The molecule has 0 saturated heterocycles. The maximum absolute atomic E-state index is 12.5. The fraction of sp³-hybridized carbons (Fsp3) is 0.438. The zero-order valence-corrected chi connectivity index (χ0v) is 13.4. The lowest BCUT2D eigenvalue weighted by molar-refractivity contribution is -0.145. The van der Waals surface area contributed by atoms with Crippen LogP contribution < -0.4 is 9.64 Å². The number of hydrogen-bond donors (Lipinski definition) is 1. The molecule has 1 aliphatic heterocycles. The molecular weight excluding hydrogens is 300 g/mol. The van der Waals surface area contributed by atoms with Crippen molar-refractivity contribution in [2.75, 3.05) is 18.0 Å². The van der Waals surface area contributed by atoms with E-state index in [-0.39, 0.29) is 18.5 Å². The number of carbonyl (C=O) groups is 3. The van der Waals surface area contributed by atoms with E-state index in [4.69, 9.17) is 9.84 Å². The number of carboxylic acid groups (broad SMARTS) is 1. The van der Waals surface area contributed by atoms with Crippen molar-refractivity contribution in [1.29, 1.82) is 0 Å². The SMILES string of the molecule is CC1Oc2ccccc2N(CC(=O)N(CC(=O)O)C(C)C)C1=O. The smallest absolute Gasteiger partial charge is 0.323 e. The van der Waals surface area contributed by atoms with Crippen molar-refractivity contribution in [1.82, 2.24) is 4.90 Å². The molecule has 7 heteroatoms. The van der Waals surface area contributed by atoms with Gasteiger partial charge in [0.15, 0.2) is 6.10 Å². The summed E-state index contributed by atoms with van der Waals surface area (Å²) < 4.78 is 5.52. The summed E-state index contributed by atoms with van der Waals surface area (Å²) in [5.41, 5.74) is 0.517. The van der Waals surface area contributed by atoms with Crippen molar-refractivity contribution in [2.24, 2.45) is 0 Å². The van der Waals surface area contributed by atoms with E-state index in [1.807, 2.05) is 0 Å². The van der Waals surface area contributed by atoms with Gasteiger partial charge in [-0.25, -0.2) is 0 Å². The molecule has 0 fully saturated rings. The fourth-order valence-electron chi connectivity index (χ4n) is 2.45. The molecule has 1 aromatic carbocycles. The fourth-order valence-corrected chi connectivity index (χ4v) is 2.45. The lowest BCUT2D eigenvalue weighted by Gasteiger charge is -2.34. The van der Waals surface area contributed by atoms with Gasteiger partial charge in [0, 0.05) is 6.04 Å². The average molecular weight is 320 g/mol. The molecule has 0 spiro atoms. The Morgan fingerprint density at radius 1 is 1.35 bits per heavy atom. The molecule has 1 N–H and O–H groups in total. The van der Waals surface area contributed by atoms with Crippen LogP contribution in [0.25, 0.3) is 0 Å². The van der Waals surface area contributed by atoms with Crippen molar-refractivity contribution in [3.63, 3.8) is 0 Å². The van der Waals surface area contributed by atoms with Crippen LogP contribution in [0.15, 0.2) is 24.3 Å². The number of benzene rings is 1. The summed E-state index contributed by atoms with van der Waals surface area (Å²) in [5.74, 6) is -1.30. The van der Waals surface area contributed by atoms with Crippen molar-refractivity contribution in [3.8, 4) is 5.75 Å². The van der Waals surface area contributed by atoms with Gasteiger partial charge >= 0.3 is 5.97 Å². The van der Waals surface area contributed by atoms with E-state index in [2.05, 4.69) is 0 Å². The summed E-state index contributed by atoms with van der Waals surface area (Å²) in [4.78, 5) is 38.3. The standard InChI is InChI=1S/C16H20N2O5/c1-10(2)17(9-15(20)21)14(19)8-18-12-6-4-5-7-13(12)23-11(3)16(18)22/h4-7,10-11H,8-9H2,1-3H3,(H,20,21). The van der Waals surface area contributed by atoms with Gasteiger partial charge in [-0.1, -0.05) is 12.1 Å². The highest BCUT2D eigenvalue weighted by Gasteiger charge is 2.34. The number of aliphatic carboxylic acids is 1. The Morgan fingerprint density at radius 3 is 2.61 bits per heavy atom. The lowest BCUT2D eigenvalue weighted by Crippen LogP contribution is -2.51. The van der Waals surface area contributed by atoms with Crippen LogP contribution in [0.3, 0.4) is 0 Å². The lowest BCUT2D eigenvalue weighted by atomic mass is 10.2. The third-order valence-corrected chi connectivity index (χ3v) is 3.62. The number of carboxylic acids is 1. The monoisotopic (exact) mass is 320 g/mol. The zero-order chi connectivity index (χ0) is 17.1. The van der Waals surface area contributed by atoms with Gasteiger partial charge in [0.1, 0.15) is 18.8 Å². The van der Waals surface area contributed by atoms with Crippen molar-refractivity contribution >= 4 is 23.5 Å². The van der Waals surface area contributed by atoms with Gasteiger partial charge in [0.05, 0.1) is 5.69 Å². The average Bonchev–Trinajstić information content (AvgIpc) is 2.48. The van der Waals surface area contributed by atoms with Crippen LogP contribution in [0.4, 0.5) is 5.69 Å². The number of rotatable bonds is 5. The highest BCUT2D eigenvalue weighted by atomic mass is 16.5. The number of carbonyl (C=O) groups excluding carboxylic acids is 2. The van der Waals surface area contributed by atoms with Gasteiger partial charge in [0.25, 0.3) is 5.91 Å². The molecule has 23 heavy (non-hydrogen) atoms. The molecule has 0 bridgehead atoms. The van der Waals surface area contributed by atoms with E-state index in [0.29, 0.717) is 11.4 Å². The second-order valence-corrected chi connectivity index (χ2v) is 5.66. The highest BCUT2D eigenvalue weighted by Crippen LogP contribution is 2.33. The van der Waals surface area contributed by atoms with Crippen LogP contribution in [0.2, 0.25) is 0 Å². The molecule has 1 aliphatic rings. The van der Waals surface area contributed by atoms with Gasteiger partial charge < -0.3 is 14.7 Å². The van der Waals surface area contributed by atoms with Crippen LogP contribution in [-0.2, 0) is 14.4 Å². The normalized spacial score (nSPS) is 16.8. The Morgan fingerprint density at radius 2 is 2.00 bits per heavy atom. The van der Waals surface area contributed by atoms with Gasteiger partial charge in [0.2, 0.25) is 5.91 Å². The first kappa shape index (κ1) is 16.8. The van der Waals surface area contributed by atoms with Crippen LogP contribution in [0.1, 0.15) is 20.8 Å². The number of para-hydroxylation sites is 2. The molecule has 0 aromatic heterocycles. The summed E-state index contributed by atoms with van der Waals surface area (Å²) in [6, 6.07) is 6.69. The molecule has 7 nitrogen and oxygen atoms in total. The van der Waals surface area contributed by atoms with Crippen LogP contribution >= 0.6 is 0 Å². The highest BCUT2D eigenvalue weighted by molar-refractivity contribution is 6.03. The number of anilines is 1. The molecule has 0 radical (unpaired) electrons. The topological polar surface area (TPSA) is 87.2 Å². The second kappa shape index (κ2) is 6.68. The maximum atomic E-state index is 12.5. The molecule has 1 atom stereocenters. The Balaban J connectivity index is 2.25. The van der Waals surface area contributed by atoms with E-state index in [1.165, 1.54) is 9.80 Å². The third-order valence-electron chi connectivity index (χ3n) is 3.62. The molecule has 124 valence electrons. The van der Waals surface area contributed by atoms with Gasteiger partial charge in [-0.05, 0) is 32.9 Å². The van der Waals surface area contributed by atoms with E-state index in [1.54, 1.807) is 45.0 Å². The van der Waals surface area contributed by atoms with Crippen LogP contribution in [0.5, 0.6) is 5.75 Å². The minimum absolute atomic E-state index is 0.213. The summed E-state index contributed by atoms with van der Waals surface area (Å²) >= 11 is 0.